The maximum absolute atomic E-state index is 12.6. The molecule has 0 radical (unpaired) electrons. The van der Waals surface area contributed by atoms with Gasteiger partial charge >= 0.3 is 6.09 Å². The number of anilines is 1. The van der Waals surface area contributed by atoms with E-state index in [0.29, 0.717) is 53.6 Å². The Kier molecular flexibility index (Phi) is 9.07. The SMILES string of the molecule is CC(C)(C)Nc1ncc(-c2cnn(C3CCN(C(=O)OC(C)(C)C)CC3)c2)cc1-c1nc2ccc(O)c(-c3ccc4cnn(C5CCCCO5)c4c3)c2o1. The van der Waals surface area contributed by atoms with Crippen molar-refractivity contribution < 1.29 is 23.8 Å². The predicted octanol–water partition coefficient (Wildman–Crippen LogP) is 8.96. The number of nitrogens with one attached hydrogen (secondary N) is 1. The number of hydrogen-bond donors (Lipinski definition) is 2. The zero-order chi connectivity index (χ0) is 37.8. The molecule has 0 saturated carbocycles. The fourth-order valence-electron chi connectivity index (χ4n) is 7.28. The highest BCUT2D eigenvalue weighted by atomic mass is 16.6. The molecule has 1 amide bonds. The number of benzene rings is 2. The van der Waals surface area contributed by atoms with Gasteiger partial charge in [-0.15, -0.1) is 0 Å². The van der Waals surface area contributed by atoms with Crippen LogP contribution in [0.4, 0.5) is 10.6 Å². The number of rotatable bonds is 6. The number of aromatic nitrogens is 6. The van der Waals surface area contributed by atoms with Crippen LogP contribution in [-0.4, -0.2) is 76.5 Å². The number of hydrogen-bond acceptors (Lipinski definition) is 10. The van der Waals surface area contributed by atoms with E-state index in [0.717, 1.165) is 59.7 Å². The highest BCUT2D eigenvalue weighted by Gasteiger charge is 2.29. The molecule has 13 nitrogen and oxygen atoms in total. The maximum atomic E-state index is 12.6. The number of pyridine rings is 1. The lowest BCUT2D eigenvalue weighted by atomic mass is 10.0. The first kappa shape index (κ1) is 35.6. The Morgan fingerprint density at radius 1 is 0.926 bits per heavy atom. The van der Waals surface area contributed by atoms with Gasteiger partial charge in [-0.05, 0) is 103 Å². The molecule has 6 aromatic rings. The van der Waals surface area contributed by atoms with Crippen LogP contribution in [0.5, 0.6) is 5.75 Å². The molecule has 0 bridgehead atoms. The summed E-state index contributed by atoms with van der Waals surface area (Å²) in [6, 6.07) is 11.6. The first-order chi connectivity index (χ1) is 25.8. The van der Waals surface area contributed by atoms with E-state index >= 15 is 0 Å². The maximum Gasteiger partial charge on any atom is 0.410 e. The lowest BCUT2D eigenvalue weighted by molar-refractivity contribution is -0.0366. The Hall–Kier alpha value is -5.43. The molecule has 2 aliphatic heterocycles. The highest BCUT2D eigenvalue weighted by molar-refractivity contribution is 5.98. The Labute approximate surface area is 314 Å². The predicted molar refractivity (Wildman–Crippen MR) is 207 cm³/mol. The van der Waals surface area contributed by atoms with E-state index in [4.69, 9.17) is 29.0 Å². The Bertz CT molecular complexity index is 2310. The summed E-state index contributed by atoms with van der Waals surface area (Å²) in [5.41, 5.74) is 4.98. The van der Waals surface area contributed by atoms with Crippen molar-refractivity contribution in [2.24, 2.45) is 0 Å². The van der Waals surface area contributed by atoms with Crippen molar-refractivity contribution in [1.29, 1.82) is 0 Å². The average molecular weight is 733 g/mol. The normalized spacial score (nSPS) is 17.4. The molecular formula is C41H48N8O5. The average Bonchev–Trinajstić information content (AvgIpc) is 3.90. The lowest BCUT2D eigenvalue weighted by Gasteiger charge is -2.33. The summed E-state index contributed by atoms with van der Waals surface area (Å²) in [7, 11) is 0. The number of likely N-dealkylation sites (tertiary alicyclic amines) is 1. The third-order valence-corrected chi connectivity index (χ3v) is 9.89. The van der Waals surface area contributed by atoms with Gasteiger partial charge in [0.2, 0.25) is 5.89 Å². The molecule has 54 heavy (non-hydrogen) atoms. The number of oxazole rings is 1. The second kappa shape index (κ2) is 13.8. The topological polar surface area (TPSA) is 146 Å². The smallest absolute Gasteiger partial charge is 0.410 e. The fraction of sp³-hybridized carbons (Fsp3) is 0.439. The number of piperidine rings is 1. The van der Waals surface area contributed by atoms with Crippen LogP contribution in [0.15, 0.2) is 65.6 Å². The summed E-state index contributed by atoms with van der Waals surface area (Å²) >= 11 is 0. The summed E-state index contributed by atoms with van der Waals surface area (Å²) in [5.74, 6) is 1.10. The van der Waals surface area contributed by atoms with Crippen LogP contribution in [0, 0.1) is 0 Å². The van der Waals surface area contributed by atoms with E-state index in [2.05, 4.69) is 31.2 Å². The molecule has 2 aliphatic rings. The fourth-order valence-corrected chi connectivity index (χ4v) is 7.28. The van der Waals surface area contributed by atoms with E-state index < -0.39 is 5.60 Å². The first-order valence-corrected chi connectivity index (χ1v) is 18.8. The number of fused-ring (bicyclic) bond motifs is 2. The van der Waals surface area contributed by atoms with Gasteiger partial charge in [-0.2, -0.15) is 10.2 Å². The number of phenolic OH excluding ortho intramolecular Hbond substituents is 1. The van der Waals surface area contributed by atoms with Gasteiger partial charge in [0.1, 0.15) is 22.7 Å². The highest BCUT2D eigenvalue weighted by Crippen LogP contribution is 2.42. The van der Waals surface area contributed by atoms with Crippen molar-refractivity contribution in [2.75, 3.05) is 25.0 Å². The van der Waals surface area contributed by atoms with Gasteiger partial charge in [0.05, 0.1) is 35.1 Å². The molecule has 2 fully saturated rings. The van der Waals surface area contributed by atoms with E-state index in [1.165, 1.54) is 0 Å². The van der Waals surface area contributed by atoms with Crippen molar-refractivity contribution in [1.82, 2.24) is 34.4 Å². The minimum absolute atomic E-state index is 0.0915. The van der Waals surface area contributed by atoms with Gasteiger partial charge < -0.3 is 29.2 Å². The molecule has 1 unspecified atom stereocenters. The van der Waals surface area contributed by atoms with E-state index in [9.17, 15) is 9.90 Å². The van der Waals surface area contributed by atoms with Crippen molar-refractivity contribution in [3.63, 3.8) is 0 Å². The minimum Gasteiger partial charge on any atom is -0.507 e. The number of ether oxygens (including phenoxy) is 2. The molecule has 2 N–H and O–H groups in total. The Morgan fingerprint density at radius 2 is 1.74 bits per heavy atom. The number of carbonyl (C=O) groups is 1. The number of phenols is 1. The van der Waals surface area contributed by atoms with Gasteiger partial charge in [-0.25, -0.2) is 19.4 Å². The minimum atomic E-state index is -0.526. The third kappa shape index (κ3) is 7.24. The van der Waals surface area contributed by atoms with Crippen molar-refractivity contribution >= 4 is 33.9 Å². The van der Waals surface area contributed by atoms with E-state index in [-0.39, 0.29) is 29.7 Å². The van der Waals surface area contributed by atoms with Gasteiger partial charge in [-0.3, -0.25) is 4.68 Å². The monoisotopic (exact) mass is 732 g/mol. The Balaban J connectivity index is 1.12. The van der Waals surface area contributed by atoms with Crippen LogP contribution in [0.2, 0.25) is 0 Å². The van der Waals surface area contributed by atoms with Gasteiger partial charge in [0.25, 0.3) is 0 Å². The molecule has 13 heteroatoms. The lowest BCUT2D eigenvalue weighted by Crippen LogP contribution is -2.42. The number of nitrogens with zero attached hydrogens (tertiary/aromatic N) is 7. The van der Waals surface area contributed by atoms with Crippen LogP contribution >= 0.6 is 0 Å². The molecule has 2 saturated heterocycles. The van der Waals surface area contributed by atoms with Gasteiger partial charge in [0.15, 0.2) is 11.8 Å². The molecule has 2 aromatic carbocycles. The molecule has 8 rings (SSSR count). The number of amides is 1. The van der Waals surface area contributed by atoms with Crippen LogP contribution in [0.3, 0.4) is 0 Å². The van der Waals surface area contributed by atoms with Crippen LogP contribution < -0.4 is 5.32 Å². The van der Waals surface area contributed by atoms with Crippen molar-refractivity contribution in [3.05, 3.63) is 61.2 Å². The molecule has 1 atom stereocenters. The third-order valence-electron chi connectivity index (χ3n) is 9.89. The summed E-state index contributed by atoms with van der Waals surface area (Å²) in [5, 5.41) is 25.2. The van der Waals surface area contributed by atoms with Crippen molar-refractivity contribution in [2.45, 2.75) is 97.1 Å². The molecule has 282 valence electrons. The second-order valence-corrected chi connectivity index (χ2v) is 16.4. The van der Waals surface area contributed by atoms with E-state index in [1.54, 1.807) is 17.0 Å². The standard InChI is InChI=1S/C41H48N8O5/c1-40(2,3)46-37-30(19-27(21-42-37)28-23-43-48(24-28)29-14-16-47(17-15-29)39(51)54-41(4,5)6)38-45-31-12-13-33(50)35(36(31)53-38)25-10-11-26-22-44-49(32(26)20-25)34-9-7-8-18-52-34/h10-13,19-24,29,34,50H,7-9,14-18H2,1-6H3,(H,42,46). The van der Waals surface area contributed by atoms with Crippen molar-refractivity contribution in [3.8, 4) is 39.5 Å². The van der Waals surface area contributed by atoms with E-state index in [1.807, 2.05) is 79.2 Å². The summed E-state index contributed by atoms with van der Waals surface area (Å²) in [4.78, 5) is 24.2. The van der Waals surface area contributed by atoms with Gasteiger partial charge in [0, 0.05) is 54.1 Å². The van der Waals surface area contributed by atoms with Crippen LogP contribution in [0.1, 0.15) is 85.9 Å². The molecule has 0 spiro atoms. The Morgan fingerprint density at radius 3 is 2.48 bits per heavy atom. The summed E-state index contributed by atoms with van der Waals surface area (Å²) in [6.45, 7) is 13.8. The van der Waals surface area contributed by atoms with Crippen LogP contribution in [-0.2, 0) is 9.47 Å². The largest absolute Gasteiger partial charge is 0.507 e. The molecular weight excluding hydrogens is 685 g/mol. The zero-order valence-electron chi connectivity index (χ0n) is 31.8. The summed E-state index contributed by atoms with van der Waals surface area (Å²) in [6.07, 6.45) is 11.8. The summed E-state index contributed by atoms with van der Waals surface area (Å²) < 4.78 is 22.2. The number of aromatic hydroxyl groups is 1. The quantitative estimate of drug-likeness (QED) is 0.170. The molecule has 0 aliphatic carbocycles. The molecule has 6 heterocycles. The molecule has 4 aromatic heterocycles. The van der Waals surface area contributed by atoms with Crippen LogP contribution in [0.25, 0.3) is 55.7 Å². The first-order valence-electron chi connectivity index (χ1n) is 18.8. The zero-order valence-corrected chi connectivity index (χ0v) is 31.8. The number of carbonyl (C=O) groups excluding carboxylic acids is 1. The second-order valence-electron chi connectivity index (χ2n) is 16.4. The van der Waals surface area contributed by atoms with Gasteiger partial charge in [-0.1, -0.05) is 12.1 Å².